The van der Waals surface area contributed by atoms with Crippen LogP contribution in [0.15, 0.2) is 0 Å². The molecule has 0 amide bonds. The first kappa shape index (κ1) is 9.00. The number of carbonyl (C=O) groups is 1. The molecule has 2 saturated heterocycles. The Balaban J connectivity index is 2.07. The Bertz CT molecular complexity index is 203. The first-order valence-electron chi connectivity index (χ1n) is 5.13. The molecule has 74 valence electrons. The Hall–Kier alpha value is -0.570. The number of carboxylic acids is 1. The summed E-state index contributed by atoms with van der Waals surface area (Å²) in [6.07, 6.45) is 5.39. The van der Waals surface area contributed by atoms with Crippen LogP contribution in [0.3, 0.4) is 0 Å². The molecule has 0 aromatic rings. The number of nitrogens with zero attached hydrogens (tertiary/aromatic N) is 1. The first-order valence-corrected chi connectivity index (χ1v) is 5.13. The standard InChI is InChI=1S/C10H17NO2/c1-11-8-3-2-4-9(11)6-7(5-8)10(12)13/h7-9H,2-6H2,1H3,(H,12,13). The predicted octanol–water partition coefficient (Wildman–Crippen LogP) is 1.33. The number of fused-ring (bicyclic) bond motifs is 2. The van der Waals surface area contributed by atoms with E-state index >= 15 is 0 Å². The highest BCUT2D eigenvalue weighted by molar-refractivity contribution is 5.70. The van der Waals surface area contributed by atoms with Crippen molar-refractivity contribution in [1.29, 1.82) is 0 Å². The molecular formula is C10H17NO2. The number of carboxylic acid groups (broad SMARTS) is 1. The van der Waals surface area contributed by atoms with Crippen LogP contribution in [0.25, 0.3) is 0 Å². The summed E-state index contributed by atoms with van der Waals surface area (Å²) in [6.45, 7) is 0. The third-order valence-corrected chi connectivity index (χ3v) is 3.69. The zero-order chi connectivity index (χ0) is 9.42. The van der Waals surface area contributed by atoms with Gasteiger partial charge in [-0.05, 0) is 32.7 Å². The molecule has 0 spiro atoms. The first-order chi connectivity index (χ1) is 6.18. The lowest BCUT2D eigenvalue weighted by atomic mass is 9.79. The third kappa shape index (κ3) is 1.57. The van der Waals surface area contributed by atoms with Crippen LogP contribution >= 0.6 is 0 Å². The van der Waals surface area contributed by atoms with Gasteiger partial charge in [0, 0.05) is 12.1 Å². The molecule has 3 nitrogen and oxygen atoms in total. The van der Waals surface area contributed by atoms with E-state index in [2.05, 4.69) is 11.9 Å². The van der Waals surface area contributed by atoms with Gasteiger partial charge in [0.15, 0.2) is 0 Å². The van der Waals surface area contributed by atoms with Crippen LogP contribution in [0.1, 0.15) is 32.1 Å². The minimum Gasteiger partial charge on any atom is -0.481 e. The quantitative estimate of drug-likeness (QED) is 0.666. The fourth-order valence-electron chi connectivity index (χ4n) is 2.82. The number of rotatable bonds is 1. The van der Waals surface area contributed by atoms with Crippen molar-refractivity contribution in [1.82, 2.24) is 4.90 Å². The van der Waals surface area contributed by atoms with Gasteiger partial charge in [-0.1, -0.05) is 6.42 Å². The maximum Gasteiger partial charge on any atom is 0.306 e. The molecule has 0 radical (unpaired) electrons. The number of piperidine rings is 2. The van der Waals surface area contributed by atoms with Gasteiger partial charge in [-0.2, -0.15) is 0 Å². The second-order valence-electron chi connectivity index (χ2n) is 4.41. The topological polar surface area (TPSA) is 40.5 Å². The van der Waals surface area contributed by atoms with Crippen LogP contribution in [0.4, 0.5) is 0 Å². The molecule has 2 aliphatic rings. The minimum absolute atomic E-state index is 0.0773. The molecule has 2 aliphatic heterocycles. The highest BCUT2D eigenvalue weighted by Gasteiger charge is 2.38. The van der Waals surface area contributed by atoms with Gasteiger partial charge in [0.2, 0.25) is 0 Å². The van der Waals surface area contributed by atoms with Crippen molar-refractivity contribution < 1.29 is 9.90 Å². The third-order valence-electron chi connectivity index (χ3n) is 3.69. The van der Waals surface area contributed by atoms with Gasteiger partial charge in [0.05, 0.1) is 5.92 Å². The lowest BCUT2D eigenvalue weighted by Crippen LogP contribution is -2.50. The van der Waals surface area contributed by atoms with E-state index in [4.69, 9.17) is 5.11 Å². The molecule has 2 rings (SSSR count). The van der Waals surface area contributed by atoms with Gasteiger partial charge in [-0.25, -0.2) is 0 Å². The molecule has 2 heterocycles. The molecule has 2 atom stereocenters. The highest BCUT2D eigenvalue weighted by atomic mass is 16.4. The second-order valence-corrected chi connectivity index (χ2v) is 4.41. The Kier molecular flexibility index (Phi) is 2.28. The van der Waals surface area contributed by atoms with Crippen LogP contribution < -0.4 is 0 Å². The smallest absolute Gasteiger partial charge is 0.306 e. The summed E-state index contributed by atoms with van der Waals surface area (Å²) in [4.78, 5) is 13.3. The highest BCUT2D eigenvalue weighted by Crippen LogP contribution is 2.35. The molecule has 0 aromatic heterocycles. The van der Waals surface area contributed by atoms with Gasteiger partial charge in [0.1, 0.15) is 0 Å². The molecule has 2 fully saturated rings. The Labute approximate surface area is 78.7 Å². The molecule has 1 N–H and O–H groups in total. The van der Waals surface area contributed by atoms with Crippen molar-refractivity contribution in [2.24, 2.45) is 5.92 Å². The summed E-state index contributed by atoms with van der Waals surface area (Å²) in [5.41, 5.74) is 0. The van der Waals surface area contributed by atoms with Gasteiger partial charge >= 0.3 is 5.97 Å². The normalized spacial score (nSPS) is 40.2. The molecule has 2 bridgehead atoms. The van der Waals surface area contributed by atoms with Crippen molar-refractivity contribution in [3.8, 4) is 0 Å². The Morgan fingerprint density at radius 3 is 2.31 bits per heavy atom. The molecular weight excluding hydrogens is 166 g/mol. The van der Waals surface area contributed by atoms with Gasteiger partial charge in [-0.15, -0.1) is 0 Å². The molecule has 2 unspecified atom stereocenters. The van der Waals surface area contributed by atoms with Crippen molar-refractivity contribution in [3.63, 3.8) is 0 Å². The minimum atomic E-state index is -0.593. The Morgan fingerprint density at radius 1 is 1.31 bits per heavy atom. The zero-order valence-corrected chi connectivity index (χ0v) is 8.07. The van der Waals surface area contributed by atoms with Crippen molar-refractivity contribution in [2.45, 2.75) is 44.2 Å². The summed E-state index contributed by atoms with van der Waals surface area (Å²) < 4.78 is 0. The van der Waals surface area contributed by atoms with Crippen LogP contribution in [0.2, 0.25) is 0 Å². The summed E-state index contributed by atoms with van der Waals surface area (Å²) >= 11 is 0. The van der Waals surface area contributed by atoms with Gasteiger partial charge in [0.25, 0.3) is 0 Å². The number of hydrogen-bond acceptors (Lipinski definition) is 2. The summed E-state index contributed by atoms with van der Waals surface area (Å²) in [5, 5.41) is 8.96. The van der Waals surface area contributed by atoms with Crippen LogP contribution in [0, 0.1) is 5.92 Å². The Morgan fingerprint density at radius 2 is 1.85 bits per heavy atom. The maximum atomic E-state index is 10.9. The lowest BCUT2D eigenvalue weighted by molar-refractivity contribution is -0.145. The van der Waals surface area contributed by atoms with E-state index in [9.17, 15) is 4.79 Å². The van der Waals surface area contributed by atoms with Crippen LogP contribution in [-0.4, -0.2) is 35.1 Å². The average Bonchev–Trinajstić information content (AvgIpc) is 2.02. The van der Waals surface area contributed by atoms with E-state index in [1.807, 2.05) is 0 Å². The fourth-order valence-corrected chi connectivity index (χ4v) is 2.82. The van der Waals surface area contributed by atoms with Crippen molar-refractivity contribution in [3.05, 3.63) is 0 Å². The largest absolute Gasteiger partial charge is 0.481 e. The summed E-state index contributed by atoms with van der Waals surface area (Å²) in [5.74, 6) is -0.670. The number of aliphatic carboxylic acids is 1. The molecule has 13 heavy (non-hydrogen) atoms. The van der Waals surface area contributed by atoms with E-state index in [1.54, 1.807) is 0 Å². The van der Waals surface area contributed by atoms with E-state index in [0.717, 1.165) is 12.8 Å². The van der Waals surface area contributed by atoms with E-state index in [-0.39, 0.29) is 5.92 Å². The summed E-state index contributed by atoms with van der Waals surface area (Å²) in [6, 6.07) is 1.07. The van der Waals surface area contributed by atoms with E-state index < -0.39 is 5.97 Å². The predicted molar refractivity (Wildman–Crippen MR) is 49.5 cm³/mol. The van der Waals surface area contributed by atoms with E-state index in [0.29, 0.717) is 12.1 Å². The van der Waals surface area contributed by atoms with Gasteiger partial charge in [-0.3, -0.25) is 4.79 Å². The van der Waals surface area contributed by atoms with Gasteiger partial charge < -0.3 is 10.0 Å². The molecule has 0 aromatic carbocycles. The maximum absolute atomic E-state index is 10.9. The molecule has 0 aliphatic carbocycles. The van der Waals surface area contributed by atoms with Crippen molar-refractivity contribution >= 4 is 5.97 Å². The SMILES string of the molecule is CN1C2CCCC1CC(C(=O)O)C2. The fraction of sp³-hybridized carbons (Fsp3) is 0.900. The lowest BCUT2D eigenvalue weighted by Gasteiger charge is -2.46. The monoisotopic (exact) mass is 183 g/mol. The van der Waals surface area contributed by atoms with Crippen molar-refractivity contribution in [2.75, 3.05) is 7.05 Å². The van der Waals surface area contributed by atoms with Crippen LogP contribution in [0.5, 0.6) is 0 Å². The van der Waals surface area contributed by atoms with Crippen LogP contribution in [-0.2, 0) is 4.79 Å². The molecule has 3 heteroatoms. The summed E-state index contributed by atoms with van der Waals surface area (Å²) in [7, 11) is 2.15. The van der Waals surface area contributed by atoms with E-state index in [1.165, 1.54) is 19.3 Å². The number of hydrogen-bond donors (Lipinski definition) is 1. The second kappa shape index (κ2) is 3.29. The zero-order valence-electron chi connectivity index (χ0n) is 8.07. The average molecular weight is 183 g/mol. The molecule has 0 saturated carbocycles.